The van der Waals surface area contributed by atoms with Gasteiger partial charge < -0.3 is 14.8 Å². The van der Waals surface area contributed by atoms with Gasteiger partial charge in [0.05, 0.1) is 30.1 Å². The van der Waals surface area contributed by atoms with E-state index in [2.05, 4.69) is 27.2 Å². The molecule has 3 rings (SSSR count). The maximum atomic E-state index is 12.8. The second-order valence-corrected chi connectivity index (χ2v) is 6.37. The van der Waals surface area contributed by atoms with Crippen LogP contribution in [0, 0.1) is 6.92 Å². The highest BCUT2D eigenvalue weighted by Crippen LogP contribution is 2.18. The molecule has 0 unspecified atom stereocenters. The topological polar surface area (TPSA) is 86.2 Å². The molecule has 1 aliphatic rings. The fraction of sp³-hybridized carbons (Fsp3) is 0.474. The number of aryl methyl sites for hydroxylation is 2. The van der Waals surface area contributed by atoms with Crippen LogP contribution in [0.15, 0.2) is 30.9 Å². The maximum absolute atomic E-state index is 12.8. The molecular weight excluding hydrogens is 332 g/mol. The van der Waals surface area contributed by atoms with Gasteiger partial charge in [0, 0.05) is 18.5 Å². The highest BCUT2D eigenvalue weighted by molar-refractivity contribution is 5.95. The van der Waals surface area contributed by atoms with Crippen molar-refractivity contribution in [2.45, 2.75) is 45.3 Å². The number of pyridine rings is 1. The average molecular weight is 356 g/mol. The molecule has 2 aromatic rings. The zero-order valence-electron chi connectivity index (χ0n) is 15.1. The summed E-state index contributed by atoms with van der Waals surface area (Å²) in [7, 11) is 0. The molecule has 0 bridgehead atoms. The predicted octanol–water partition coefficient (Wildman–Crippen LogP) is 2.10. The van der Waals surface area contributed by atoms with Crippen LogP contribution in [0.4, 0.5) is 0 Å². The molecule has 0 aliphatic carbocycles. The van der Waals surface area contributed by atoms with E-state index in [0.717, 1.165) is 24.2 Å². The van der Waals surface area contributed by atoms with Crippen molar-refractivity contribution in [3.05, 3.63) is 47.8 Å². The van der Waals surface area contributed by atoms with E-state index in [9.17, 15) is 4.79 Å². The molecule has 7 nitrogen and oxygen atoms in total. The zero-order valence-corrected chi connectivity index (χ0v) is 15.1. The van der Waals surface area contributed by atoms with Gasteiger partial charge in [0.2, 0.25) is 0 Å². The molecule has 1 amide bonds. The summed E-state index contributed by atoms with van der Waals surface area (Å²) in [6.45, 7) is 4.99. The average Bonchev–Trinajstić information content (AvgIpc) is 2.66. The Morgan fingerprint density at radius 2 is 2.23 bits per heavy atom. The number of hydrogen-bond donors (Lipinski definition) is 1. The van der Waals surface area contributed by atoms with Crippen molar-refractivity contribution in [3.63, 3.8) is 0 Å². The lowest BCUT2D eigenvalue weighted by Gasteiger charge is -2.32. The number of ether oxygens (including phenoxy) is 2. The number of carbonyl (C=O) groups is 1. The summed E-state index contributed by atoms with van der Waals surface area (Å²) in [5, 5.41) is 3.07. The highest BCUT2D eigenvalue weighted by atomic mass is 16.5. The summed E-state index contributed by atoms with van der Waals surface area (Å²) < 4.78 is 11.5. The standard InChI is InChI=1S/C19H24N4O3/c1-3-4-16-15(10-20-12-22-16)19(24)23-17-7-8-25-11-18(17)26-14-6-5-13(2)21-9-14/h5-6,9-10,12,17-18H,3-4,7-8,11H2,1-2H3,(H,23,24)/t17-,18+/m0/s1. The van der Waals surface area contributed by atoms with Gasteiger partial charge in [-0.05, 0) is 31.9 Å². The Morgan fingerprint density at radius 1 is 1.35 bits per heavy atom. The van der Waals surface area contributed by atoms with Crippen LogP contribution in [-0.2, 0) is 11.2 Å². The van der Waals surface area contributed by atoms with Crippen LogP contribution in [0.3, 0.4) is 0 Å². The first-order chi connectivity index (χ1) is 12.7. The van der Waals surface area contributed by atoms with Gasteiger partial charge in [-0.15, -0.1) is 0 Å². The third-order valence-electron chi connectivity index (χ3n) is 4.32. The van der Waals surface area contributed by atoms with Crippen molar-refractivity contribution < 1.29 is 14.3 Å². The van der Waals surface area contributed by atoms with Gasteiger partial charge in [0.15, 0.2) is 0 Å². The van der Waals surface area contributed by atoms with E-state index < -0.39 is 0 Å². The third-order valence-corrected chi connectivity index (χ3v) is 4.32. The number of nitrogens with one attached hydrogen (secondary N) is 1. The molecule has 1 fully saturated rings. The van der Waals surface area contributed by atoms with E-state index in [1.54, 1.807) is 12.4 Å². The molecule has 0 radical (unpaired) electrons. The molecule has 0 saturated carbocycles. The molecule has 7 heteroatoms. The summed E-state index contributed by atoms with van der Waals surface area (Å²) in [5.74, 6) is 0.497. The van der Waals surface area contributed by atoms with E-state index in [-0.39, 0.29) is 18.1 Å². The monoisotopic (exact) mass is 356 g/mol. The molecule has 1 N–H and O–H groups in total. The Morgan fingerprint density at radius 3 is 3.00 bits per heavy atom. The lowest BCUT2D eigenvalue weighted by Crippen LogP contribution is -2.51. The van der Waals surface area contributed by atoms with Crippen molar-refractivity contribution in [3.8, 4) is 5.75 Å². The van der Waals surface area contributed by atoms with Gasteiger partial charge in [-0.2, -0.15) is 0 Å². The van der Waals surface area contributed by atoms with Crippen molar-refractivity contribution in [1.82, 2.24) is 20.3 Å². The van der Waals surface area contributed by atoms with Crippen LogP contribution >= 0.6 is 0 Å². The Labute approximate surface area is 153 Å². The number of carbonyl (C=O) groups excluding carboxylic acids is 1. The first-order valence-corrected chi connectivity index (χ1v) is 8.94. The second-order valence-electron chi connectivity index (χ2n) is 6.37. The van der Waals surface area contributed by atoms with Crippen molar-refractivity contribution >= 4 is 5.91 Å². The minimum Gasteiger partial charge on any atom is -0.484 e. The second kappa shape index (κ2) is 8.71. The number of nitrogens with zero attached hydrogens (tertiary/aromatic N) is 3. The molecule has 0 aromatic carbocycles. The van der Waals surface area contributed by atoms with Gasteiger partial charge in [-0.3, -0.25) is 9.78 Å². The summed E-state index contributed by atoms with van der Waals surface area (Å²) in [6.07, 6.45) is 6.82. The number of aromatic nitrogens is 3. The summed E-state index contributed by atoms with van der Waals surface area (Å²) in [6, 6.07) is 3.62. The summed E-state index contributed by atoms with van der Waals surface area (Å²) >= 11 is 0. The first kappa shape index (κ1) is 18.3. The van der Waals surface area contributed by atoms with Gasteiger partial charge in [0.1, 0.15) is 18.2 Å². The molecule has 138 valence electrons. The Bertz CT molecular complexity index is 736. The van der Waals surface area contributed by atoms with Gasteiger partial charge in [-0.25, -0.2) is 9.97 Å². The van der Waals surface area contributed by atoms with E-state index in [1.807, 2.05) is 19.1 Å². The molecular formula is C19H24N4O3. The molecule has 1 aliphatic heterocycles. The number of amides is 1. The van der Waals surface area contributed by atoms with Crippen molar-refractivity contribution in [1.29, 1.82) is 0 Å². The lowest BCUT2D eigenvalue weighted by atomic mass is 10.0. The van der Waals surface area contributed by atoms with E-state index >= 15 is 0 Å². The molecule has 26 heavy (non-hydrogen) atoms. The van der Waals surface area contributed by atoms with Gasteiger partial charge in [-0.1, -0.05) is 13.3 Å². The van der Waals surface area contributed by atoms with Crippen LogP contribution < -0.4 is 10.1 Å². The molecule has 3 heterocycles. The van der Waals surface area contributed by atoms with Crippen LogP contribution in [-0.4, -0.2) is 46.2 Å². The molecule has 2 aromatic heterocycles. The minimum atomic E-state index is -0.267. The summed E-state index contributed by atoms with van der Waals surface area (Å²) in [5.41, 5.74) is 2.22. The third kappa shape index (κ3) is 4.54. The number of rotatable bonds is 6. The Balaban J connectivity index is 1.70. The van der Waals surface area contributed by atoms with Crippen LogP contribution in [0.1, 0.15) is 41.5 Å². The Hall–Kier alpha value is -2.54. The number of hydrogen-bond acceptors (Lipinski definition) is 6. The first-order valence-electron chi connectivity index (χ1n) is 8.94. The fourth-order valence-corrected chi connectivity index (χ4v) is 2.92. The van der Waals surface area contributed by atoms with E-state index in [1.165, 1.54) is 6.33 Å². The van der Waals surface area contributed by atoms with E-state index in [0.29, 0.717) is 30.9 Å². The molecule has 2 atom stereocenters. The maximum Gasteiger partial charge on any atom is 0.255 e. The predicted molar refractivity (Wildman–Crippen MR) is 96.1 cm³/mol. The normalized spacial score (nSPS) is 19.8. The largest absolute Gasteiger partial charge is 0.484 e. The van der Waals surface area contributed by atoms with Gasteiger partial charge >= 0.3 is 0 Å². The SMILES string of the molecule is CCCc1ncncc1C(=O)N[C@H]1CCOC[C@H]1Oc1ccc(C)nc1. The van der Waals surface area contributed by atoms with Crippen LogP contribution in [0.2, 0.25) is 0 Å². The fourth-order valence-electron chi connectivity index (χ4n) is 2.92. The Kier molecular flexibility index (Phi) is 6.12. The highest BCUT2D eigenvalue weighted by Gasteiger charge is 2.30. The van der Waals surface area contributed by atoms with Crippen LogP contribution in [0.25, 0.3) is 0 Å². The van der Waals surface area contributed by atoms with Crippen molar-refractivity contribution in [2.24, 2.45) is 0 Å². The van der Waals surface area contributed by atoms with Crippen LogP contribution in [0.5, 0.6) is 5.75 Å². The molecule has 0 spiro atoms. The quantitative estimate of drug-likeness (QED) is 0.853. The minimum absolute atomic E-state index is 0.146. The van der Waals surface area contributed by atoms with Gasteiger partial charge in [0.25, 0.3) is 5.91 Å². The smallest absolute Gasteiger partial charge is 0.255 e. The van der Waals surface area contributed by atoms with E-state index in [4.69, 9.17) is 9.47 Å². The summed E-state index contributed by atoms with van der Waals surface area (Å²) in [4.78, 5) is 25.2. The lowest BCUT2D eigenvalue weighted by molar-refractivity contribution is -0.0136. The molecule has 1 saturated heterocycles. The zero-order chi connectivity index (χ0) is 18.4. The van der Waals surface area contributed by atoms with Crippen molar-refractivity contribution in [2.75, 3.05) is 13.2 Å².